The number of hydrogen-bond acceptors (Lipinski definition) is 5. The Kier molecular flexibility index (Phi) is 8.37. The lowest BCUT2D eigenvalue weighted by atomic mass is 10.0. The van der Waals surface area contributed by atoms with Gasteiger partial charge in [0, 0.05) is 0 Å². The molecule has 0 saturated carbocycles. The van der Waals surface area contributed by atoms with Gasteiger partial charge in [-0.1, -0.05) is 37.6 Å². The molecule has 3 amide bonds. The van der Waals surface area contributed by atoms with Crippen LogP contribution in [-0.2, 0) is 9.59 Å². The number of ether oxygens (including phenoxy) is 1. The van der Waals surface area contributed by atoms with Gasteiger partial charge in [-0.15, -0.1) is 0 Å². The van der Waals surface area contributed by atoms with Crippen LogP contribution >= 0.6 is 11.6 Å². The zero-order valence-electron chi connectivity index (χ0n) is 16.6. The van der Waals surface area contributed by atoms with Crippen LogP contribution < -0.4 is 21.2 Å². The van der Waals surface area contributed by atoms with Gasteiger partial charge in [0.05, 0.1) is 16.8 Å². The number of halogens is 1. The molecule has 9 heteroatoms. The minimum Gasteiger partial charge on any atom is -0.484 e. The third-order valence-electron chi connectivity index (χ3n) is 4.00. The number of amides is 3. The lowest BCUT2D eigenvalue weighted by Crippen LogP contribution is -2.48. The van der Waals surface area contributed by atoms with E-state index in [4.69, 9.17) is 22.1 Å². The topological polar surface area (TPSA) is 123 Å². The van der Waals surface area contributed by atoms with Gasteiger partial charge in [-0.2, -0.15) is 5.10 Å². The minimum atomic E-state index is -0.796. The van der Waals surface area contributed by atoms with Crippen molar-refractivity contribution in [3.8, 4) is 5.75 Å². The lowest BCUT2D eigenvalue weighted by Gasteiger charge is -2.20. The molecule has 2 rings (SSSR count). The number of carbonyl (C=O) groups is 3. The number of benzene rings is 2. The number of nitrogens with two attached hydrogens (primary N) is 1. The maximum absolute atomic E-state index is 12.5. The number of carbonyl (C=O) groups excluding carboxylic acids is 3. The molecule has 1 atom stereocenters. The second kappa shape index (κ2) is 11.0. The Hall–Kier alpha value is -3.39. The van der Waals surface area contributed by atoms with Crippen molar-refractivity contribution < 1.29 is 19.1 Å². The van der Waals surface area contributed by atoms with Crippen LogP contribution in [0, 0.1) is 5.92 Å². The molecule has 0 aliphatic rings. The van der Waals surface area contributed by atoms with Crippen molar-refractivity contribution in [2.75, 3.05) is 6.61 Å². The molecule has 2 aromatic carbocycles. The molecule has 8 nitrogen and oxygen atoms in total. The molecular formula is C21H23ClN4O4. The maximum atomic E-state index is 12.5. The van der Waals surface area contributed by atoms with Gasteiger partial charge in [-0.05, 0) is 47.9 Å². The first-order chi connectivity index (χ1) is 14.3. The molecule has 0 spiro atoms. The van der Waals surface area contributed by atoms with Crippen LogP contribution in [0.25, 0.3) is 0 Å². The number of hydrazone groups is 1. The van der Waals surface area contributed by atoms with Crippen molar-refractivity contribution in [1.82, 2.24) is 10.7 Å². The molecular weight excluding hydrogens is 408 g/mol. The Morgan fingerprint density at radius 3 is 2.40 bits per heavy atom. The van der Waals surface area contributed by atoms with Crippen molar-refractivity contribution >= 4 is 35.5 Å². The fourth-order valence-corrected chi connectivity index (χ4v) is 2.67. The molecule has 158 valence electrons. The van der Waals surface area contributed by atoms with Gasteiger partial charge in [-0.3, -0.25) is 14.4 Å². The smallest absolute Gasteiger partial charge is 0.262 e. The van der Waals surface area contributed by atoms with E-state index < -0.39 is 23.8 Å². The van der Waals surface area contributed by atoms with Gasteiger partial charge in [-0.25, -0.2) is 5.43 Å². The monoisotopic (exact) mass is 430 g/mol. The second-order valence-corrected chi connectivity index (χ2v) is 7.14. The van der Waals surface area contributed by atoms with Gasteiger partial charge in [0.2, 0.25) is 0 Å². The first-order valence-electron chi connectivity index (χ1n) is 9.17. The molecule has 0 aliphatic carbocycles. The van der Waals surface area contributed by atoms with Gasteiger partial charge < -0.3 is 15.8 Å². The molecule has 0 radical (unpaired) electrons. The molecule has 4 N–H and O–H groups in total. The van der Waals surface area contributed by atoms with Gasteiger partial charge >= 0.3 is 0 Å². The summed E-state index contributed by atoms with van der Waals surface area (Å²) < 4.78 is 5.17. The van der Waals surface area contributed by atoms with E-state index in [0.717, 1.165) is 0 Å². The van der Waals surface area contributed by atoms with Gasteiger partial charge in [0.25, 0.3) is 17.7 Å². The van der Waals surface area contributed by atoms with Crippen LogP contribution in [0.3, 0.4) is 0 Å². The largest absolute Gasteiger partial charge is 0.484 e. The Bertz CT molecular complexity index is 929. The number of primary amides is 1. The van der Waals surface area contributed by atoms with Crippen LogP contribution in [0.1, 0.15) is 29.8 Å². The second-order valence-electron chi connectivity index (χ2n) is 6.73. The van der Waals surface area contributed by atoms with E-state index in [9.17, 15) is 14.4 Å². The Labute approximate surface area is 179 Å². The van der Waals surface area contributed by atoms with E-state index in [1.165, 1.54) is 6.21 Å². The molecule has 0 heterocycles. The fourth-order valence-electron chi connectivity index (χ4n) is 2.44. The average molecular weight is 431 g/mol. The Morgan fingerprint density at radius 1 is 1.13 bits per heavy atom. The van der Waals surface area contributed by atoms with Crippen LogP contribution in [-0.4, -0.2) is 36.6 Å². The summed E-state index contributed by atoms with van der Waals surface area (Å²) in [7, 11) is 0. The van der Waals surface area contributed by atoms with E-state index in [-0.39, 0.29) is 12.5 Å². The highest BCUT2D eigenvalue weighted by Crippen LogP contribution is 2.15. The number of rotatable bonds is 9. The highest BCUT2D eigenvalue weighted by molar-refractivity contribution is 6.33. The summed E-state index contributed by atoms with van der Waals surface area (Å²) in [5.74, 6) is -1.15. The van der Waals surface area contributed by atoms with Crippen LogP contribution in [0.4, 0.5) is 0 Å². The molecule has 0 saturated heterocycles. The van der Waals surface area contributed by atoms with Gasteiger partial charge in [0.1, 0.15) is 11.8 Å². The summed E-state index contributed by atoms with van der Waals surface area (Å²) >= 11 is 6.04. The van der Waals surface area contributed by atoms with Gasteiger partial charge in [0.15, 0.2) is 6.61 Å². The standard InChI is InChI=1S/C21H23ClN4O4/c1-13(2)19(25-20(28)16-5-3-4-6-17(16)22)21(29)26-24-11-14-7-9-15(10-8-14)30-12-18(23)27/h3-11,13,19H,12H2,1-2H3,(H2,23,27)(H,25,28)(H,26,29)/b24-11+. The molecule has 0 fully saturated rings. The van der Waals surface area contributed by atoms with E-state index in [0.29, 0.717) is 21.9 Å². The number of nitrogens with one attached hydrogen (secondary N) is 2. The highest BCUT2D eigenvalue weighted by Gasteiger charge is 2.25. The quantitative estimate of drug-likeness (QED) is 0.416. The number of nitrogens with zero attached hydrogens (tertiary/aromatic N) is 1. The minimum absolute atomic E-state index is 0.173. The number of hydrogen-bond donors (Lipinski definition) is 3. The summed E-state index contributed by atoms with van der Waals surface area (Å²) in [4.78, 5) is 35.7. The fraction of sp³-hybridized carbons (Fsp3) is 0.238. The third-order valence-corrected chi connectivity index (χ3v) is 4.33. The van der Waals surface area contributed by atoms with E-state index >= 15 is 0 Å². The summed E-state index contributed by atoms with van der Waals surface area (Å²) in [5.41, 5.74) is 8.44. The molecule has 2 aromatic rings. The predicted octanol–water partition coefficient (Wildman–Crippen LogP) is 2.11. The van der Waals surface area contributed by atoms with Crippen molar-refractivity contribution in [3.63, 3.8) is 0 Å². The van der Waals surface area contributed by atoms with E-state index in [1.54, 1.807) is 48.5 Å². The van der Waals surface area contributed by atoms with Crippen molar-refractivity contribution in [2.24, 2.45) is 16.8 Å². The molecule has 1 unspecified atom stereocenters. The predicted molar refractivity (Wildman–Crippen MR) is 114 cm³/mol. The van der Waals surface area contributed by atoms with Crippen molar-refractivity contribution in [3.05, 3.63) is 64.7 Å². The molecule has 0 bridgehead atoms. The summed E-state index contributed by atoms with van der Waals surface area (Å²) in [5, 5.41) is 6.92. The Morgan fingerprint density at radius 2 is 1.80 bits per heavy atom. The first-order valence-corrected chi connectivity index (χ1v) is 9.55. The molecule has 0 aromatic heterocycles. The normalized spacial score (nSPS) is 11.9. The summed E-state index contributed by atoms with van der Waals surface area (Å²) in [6.45, 7) is 3.41. The van der Waals surface area contributed by atoms with Crippen LogP contribution in [0.2, 0.25) is 5.02 Å². The highest BCUT2D eigenvalue weighted by atomic mass is 35.5. The zero-order chi connectivity index (χ0) is 22.1. The third kappa shape index (κ3) is 6.89. The van der Waals surface area contributed by atoms with Crippen LogP contribution in [0.15, 0.2) is 53.6 Å². The van der Waals surface area contributed by atoms with Crippen molar-refractivity contribution in [2.45, 2.75) is 19.9 Å². The average Bonchev–Trinajstić information content (AvgIpc) is 2.71. The summed E-state index contributed by atoms with van der Waals surface area (Å²) in [6, 6.07) is 12.5. The molecule has 0 aliphatic heterocycles. The summed E-state index contributed by atoms with van der Waals surface area (Å²) in [6.07, 6.45) is 1.45. The maximum Gasteiger partial charge on any atom is 0.262 e. The van der Waals surface area contributed by atoms with Crippen molar-refractivity contribution in [1.29, 1.82) is 0 Å². The van der Waals surface area contributed by atoms with E-state index in [1.807, 2.05) is 13.8 Å². The molecule has 30 heavy (non-hydrogen) atoms. The first kappa shape index (κ1) is 22.9. The zero-order valence-corrected chi connectivity index (χ0v) is 17.3. The van der Waals surface area contributed by atoms with E-state index in [2.05, 4.69) is 15.8 Å². The Balaban J connectivity index is 1.95. The SMILES string of the molecule is CC(C)C(NC(=O)c1ccccc1Cl)C(=O)N/N=C/c1ccc(OCC(N)=O)cc1. The van der Waals surface area contributed by atoms with Crippen LogP contribution in [0.5, 0.6) is 5.75 Å². The lowest BCUT2D eigenvalue weighted by molar-refractivity contribution is -0.124.